The van der Waals surface area contributed by atoms with Gasteiger partial charge in [-0.3, -0.25) is 9.69 Å². The smallest absolute Gasteiger partial charge is 0.420 e. The van der Waals surface area contributed by atoms with Gasteiger partial charge in [-0.15, -0.1) is 11.3 Å². The van der Waals surface area contributed by atoms with Crippen molar-refractivity contribution in [2.24, 2.45) is 0 Å². The second-order valence-electron chi connectivity index (χ2n) is 5.74. The summed E-state index contributed by atoms with van der Waals surface area (Å²) in [4.78, 5) is 17.8. The molecule has 0 N–H and O–H groups in total. The maximum atomic E-state index is 13.1. The minimum atomic E-state index is -4.59. The minimum absolute atomic E-state index is 0.0319. The number of halogens is 4. The molecule has 1 aromatic heterocycles. The number of hydrogen-bond donors (Lipinski definition) is 0. The third-order valence-electron chi connectivity index (χ3n) is 3.68. The molecule has 0 bridgehead atoms. The van der Waals surface area contributed by atoms with E-state index in [9.17, 15) is 18.0 Å². The van der Waals surface area contributed by atoms with Gasteiger partial charge in [-0.1, -0.05) is 29.8 Å². The highest BCUT2D eigenvalue weighted by atomic mass is 35.5. The summed E-state index contributed by atoms with van der Waals surface area (Å²) >= 11 is 6.86. The number of benzene rings is 2. The van der Waals surface area contributed by atoms with Gasteiger partial charge >= 0.3 is 6.18 Å². The van der Waals surface area contributed by atoms with E-state index in [1.807, 2.05) is 6.07 Å². The number of rotatable bonds is 5. The monoisotopic (exact) mass is 426 g/mol. The summed E-state index contributed by atoms with van der Waals surface area (Å²) < 4.78 is 44.8. The fourth-order valence-electron chi connectivity index (χ4n) is 2.47. The molecule has 0 saturated carbocycles. The first-order chi connectivity index (χ1) is 13.3. The van der Waals surface area contributed by atoms with Crippen LogP contribution in [0.5, 0.6) is 5.75 Å². The summed E-state index contributed by atoms with van der Waals surface area (Å²) in [5.74, 6) is -0.567. The lowest BCUT2D eigenvalue weighted by atomic mass is 10.2. The highest BCUT2D eigenvalue weighted by Gasteiger charge is 2.34. The Morgan fingerprint density at radius 1 is 1.21 bits per heavy atom. The van der Waals surface area contributed by atoms with Crippen molar-refractivity contribution in [2.45, 2.75) is 19.7 Å². The van der Waals surface area contributed by atoms with E-state index in [1.165, 1.54) is 35.3 Å². The highest BCUT2D eigenvalue weighted by Crippen LogP contribution is 2.38. The predicted molar refractivity (Wildman–Crippen MR) is 102 cm³/mol. The molecule has 2 aromatic carbocycles. The number of carbonyl (C=O) groups is 1. The average molecular weight is 427 g/mol. The maximum absolute atomic E-state index is 13.1. The maximum Gasteiger partial charge on any atom is 0.420 e. The van der Waals surface area contributed by atoms with Gasteiger partial charge in [-0.2, -0.15) is 13.2 Å². The van der Waals surface area contributed by atoms with Crippen molar-refractivity contribution in [1.29, 1.82) is 0 Å². The number of ether oxygens (including phenoxy) is 1. The summed E-state index contributed by atoms with van der Waals surface area (Å²) in [6, 6.07) is 12.3. The zero-order valence-corrected chi connectivity index (χ0v) is 16.1. The molecule has 0 fully saturated rings. The van der Waals surface area contributed by atoms with E-state index in [0.29, 0.717) is 16.5 Å². The number of amides is 1. The van der Waals surface area contributed by atoms with Crippen molar-refractivity contribution >= 4 is 39.7 Å². The number of alkyl halides is 3. The van der Waals surface area contributed by atoms with E-state index in [1.54, 1.807) is 29.6 Å². The summed E-state index contributed by atoms with van der Waals surface area (Å²) in [5.41, 5.74) is 0.101. The molecular weight excluding hydrogens is 413 g/mol. The summed E-state index contributed by atoms with van der Waals surface area (Å²) in [6.45, 7) is 1.23. The van der Waals surface area contributed by atoms with Crippen molar-refractivity contribution in [3.8, 4) is 5.75 Å². The number of aromatic nitrogens is 1. The molecule has 0 unspecified atom stereocenters. The van der Waals surface area contributed by atoms with E-state index in [-0.39, 0.29) is 23.3 Å². The van der Waals surface area contributed by atoms with Crippen molar-refractivity contribution < 1.29 is 22.7 Å². The van der Waals surface area contributed by atoms with Crippen LogP contribution in [0.15, 0.2) is 53.9 Å². The number of anilines is 2. The number of nitrogens with zero attached hydrogens (tertiary/aromatic N) is 2. The van der Waals surface area contributed by atoms with Gasteiger partial charge in [-0.25, -0.2) is 4.98 Å². The van der Waals surface area contributed by atoms with Crippen LogP contribution < -0.4 is 9.64 Å². The van der Waals surface area contributed by atoms with Crippen LogP contribution in [0.2, 0.25) is 5.02 Å². The predicted octanol–water partition coefficient (Wildman–Crippen LogP) is 6.08. The first-order valence-corrected chi connectivity index (χ1v) is 9.31. The molecule has 0 spiro atoms. The van der Waals surface area contributed by atoms with Gasteiger partial charge in [0.2, 0.25) is 5.91 Å². The summed E-state index contributed by atoms with van der Waals surface area (Å²) in [5, 5.41) is 2.01. The van der Waals surface area contributed by atoms with Crippen LogP contribution in [0.1, 0.15) is 18.2 Å². The lowest BCUT2D eigenvalue weighted by Crippen LogP contribution is -2.22. The molecule has 146 valence electrons. The fraction of sp³-hybridized carbons (Fsp3) is 0.158. The zero-order chi connectivity index (χ0) is 20.3. The van der Waals surface area contributed by atoms with E-state index in [4.69, 9.17) is 16.3 Å². The van der Waals surface area contributed by atoms with Crippen molar-refractivity contribution in [3.63, 3.8) is 0 Å². The molecule has 1 amide bonds. The van der Waals surface area contributed by atoms with E-state index in [2.05, 4.69) is 4.98 Å². The van der Waals surface area contributed by atoms with Crippen molar-refractivity contribution in [3.05, 3.63) is 70.2 Å². The second-order valence-corrected chi connectivity index (χ2v) is 7.01. The van der Waals surface area contributed by atoms with Gasteiger partial charge < -0.3 is 4.74 Å². The number of para-hydroxylation sites is 1. The molecule has 0 saturated heterocycles. The molecule has 0 aliphatic heterocycles. The molecule has 1 heterocycles. The number of thiazole rings is 1. The molecule has 0 aliphatic rings. The van der Waals surface area contributed by atoms with Gasteiger partial charge in [-0.05, 0) is 30.3 Å². The SMILES string of the molecule is CC(=O)N(c1ccccc1)c1nc(COc2ccc(Cl)cc2C(F)(F)F)cs1. The molecular formula is C19H14ClF3N2O2S. The minimum Gasteiger partial charge on any atom is -0.487 e. The molecule has 0 radical (unpaired) electrons. The lowest BCUT2D eigenvalue weighted by Gasteiger charge is -2.17. The third kappa shape index (κ3) is 4.63. The van der Waals surface area contributed by atoms with Crippen LogP contribution in [-0.2, 0) is 17.6 Å². The van der Waals surface area contributed by atoms with Gasteiger partial charge in [0.05, 0.1) is 16.9 Å². The van der Waals surface area contributed by atoms with Crippen LogP contribution in [0.25, 0.3) is 0 Å². The Hall–Kier alpha value is -2.58. The Morgan fingerprint density at radius 2 is 1.93 bits per heavy atom. The second kappa shape index (κ2) is 8.20. The molecule has 28 heavy (non-hydrogen) atoms. The average Bonchev–Trinajstić information content (AvgIpc) is 3.09. The number of hydrogen-bond acceptors (Lipinski definition) is 4. The van der Waals surface area contributed by atoms with Crippen LogP contribution >= 0.6 is 22.9 Å². The number of carbonyl (C=O) groups excluding carboxylic acids is 1. The van der Waals surface area contributed by atoms with E-state index >= 15 is 0 Å². The lowest BCUT2D eigenvalue weighted by molar-refractivity contribution is -0.139. The van der Waals surface area contributed by atoms with Crippen LogP contribution in [0, 0.1) is 0 Å². The summed E-state index contributed by atoms with van der Waals surface area (Å²) in [6.07, 6.45) is -4.59. The quantitative estimate of drug-likeness (QED) is 0.496. The topological polar surface area (TPSA) is 42.4 Å². The molecule has 9 heteroatoms. The first-order valence-electron chi connectivity index (χ1n) is 8.05. The van der Waals surface area contributed by atoms with Crippen LogP contribution in [0.3, 0.4) is 0 Å². The molecule has 0 atom stereocenters. The zero-order valence-electron chi connectivity index (χ0n) is 14.5. The van der Waals surface area contributed by atoms with Crippen molar-refractivity contribution in [1.82, 2.24) is 4.98 Å². The van der Waals surface area contributed by atoms with Crippen molar-refractivity contribution in [2.75, 3.05) is 4.90 Å². The Morgan fingerprint density at radius 3 is 2.57 bits per heavy atom. The largest absolute Gasteiger partial charge is 0.487 e. The molecule has 3 rings (SSSR count). The standard InChI is InChI=1S/C19H14ClF3N2O2S/c1-12(26)25(15-5-3-2-4-6-15)18-24-14(11-28-18)10-27-17-8-7-13(20)9-16(17)19(21,22)23/h2-9,11H,10H2,1H3. The molecule has 4 nitrogen and oxygen atoms in total. The normalized spacial score (nSPS) is 11.3. The van der Waals surface area contributed by atoms with Crippen LogP contribution in [-0.4, -0.2) is 10.9 Å². The summed E-state index contributed by atoms with van der Waals surface area (Å²) in [7, 11) is 0. The van der Waals surface area contributed by atoms with Gasteiger partial charge in [0, 0.05) is 17.3 Å². The molecule has 0 aliphatic carbocycles. The Bertz CT molecular complexity index is 977. The van der Waals surface area contributed by atoms with Crippen LogP contribution in [0.4, 0.5) is 24.0 Å². The Balaban J connectivity index is 1.80. The third-order valence-corrected chi connectivity index (χ3v) is 4.79. The Kier molecular flexibility index (Phi) is 5.90. The molecule has 3 aromatic rings. The fourth-order valence-corrected chi connectivity index (χ4v) is 3.51. The highest BCUT2D eigenvalue weighted by molar-refractivity contribution is 7.14. The van der Waals surface area contributed by atoms with Gasteiger partial charge in [0.25, 0.3) is 0 Å². The van der Waals surface area contributed by atoms with Gasteiger partial charge in [0.15, 0.2) is 5.13 Å². The van der Waals surface area contributed by atoms with E-state index < -0.39 is 11.7 Å². The van der Waals surface area contributed by atoms with Gasteiger partial charge in [0.1, 0.15) is 12.4 Å². The Labute approximate surface area is 168 Å². The first kappa shape index (κ1) is 20.2. The van der Waals surface area contributed by atoms with E-state index in [0.717, 1.165) is 6.07 Å².